The van der Waals surface area contributed by atoms with Gasteiger partial charge in [0.15, 0.2) is 0 Å². The van der Waals surface area contributed by atoms with Gasteiger partial charge in [0.1, 0.15) is 5.54 Å². The molecule has 2 bridgehead atoms. The Bertz CT molecular complexity index is 775. The molecule has 5 rings (SSSR count). The van der Waals surface area contributed by atoms with Crippen LogP contribution in [-0.4, -0.2) is 27.4 Å². The standard InChI is InChI=1S/C20H25N3O3/c1-20(2)19(24)21(22(20)15-4-6-16(7-5-15)23(25)26)18-8-3-12-9-13-10-14(18)11-17(12)13/h4-7,12-14,17-18H,3,8-11H2,1-2H3. The second kappa shape index (κ2) is 5.21. The number of amides is 1. The number of carbonyl (C=O) groups is 1. The Morgan fingerprint density at radius 2 is 1.73 bits per heavy atom. The number of hydrazine groups is 1. The molecule has 4 aliphatic rings. The van der Waals surface area contributed by atoms with Gasteiger partial charge in [0.05, 0.1) is 16.7 Å². The minimum atomic E-state index is -0.594. The summed E-state index contributed by atoms with van der Waals surface area (Å²) < 4.78 is 0. The average molecular weight is 355 g/mol. The third kappa shape index (κ3) is 2.01. The number of anilines is 1. The summed E-state index contributed by atoms with van der Waals surface area (Å²) >= 11 is 0. The first-order chi connectivity index (χ1) is 12.4. The maximum absolute atomic E-state index is 13.0. The number of fused-ring (bicyclic) bond motifs is 1. The number of benzene rings is 1. The van der Waals surface area contributed by atoms with Crippen molar-refractivity contribution in [2.75, 3.05) is 5.01 Å². The second-order valence-corrected chi connectivity index (χ2v) is 9.09. The van der Waals surface area contributed by atoms with Crippen LogP contribution < -0.4 is 5.01 Å². The lowest BCUT2D eigenvalue weighted by molar-refractivity contribution is -0.384. The second-order valence-electron chi connectivity index (χ2n) is 9.09. The highest BCUT2D eigenvalue weighted by Gasteiger charge is 2.60. The summed E-state index contributed by atoms with van der Waals surface area (Å²) in [5, 5.41) is 15.0. The maximum atomic E-state index is 13.0. The number of nitro benzene ring substituents is 1. The van der Waals surface area contributed by atoms with Crippen molar-refractivity contribution in [1.82, 2.24) is 5.01 Å². The lowest BCUT2D eigenvalue weighted by Gasteiger charge is -2.60. The van der Waals surface area contributed by atoms with Gasteiger partial charge in [-0.3, -0.25) is 19.9 Å². The molecule has 0 spiro atoms. The number of carbonyl (C=O) groups excluding carboxylic acids is 1. The fourth-order valence-corrected chi connectivity index (χ4v) is 6.15. The smallest absolute Gasteiger partial charge is 0.269 e. The van der Waals surface area contributed by atoms with Crippen molar-refractivity contribution in [1.29, 1.82) is 0 Å². The predicted octanol–water partition coefficient (Wildman–Crippen LogP) is 3.76. The zero-order chi connectivity index (χ0) is 18.2. The highest BCUT2D eigenvalue weighted by Crippen LogP contribution is 2.60. The molecule has 1 aliphatic heterocycles. The quantitative estimate of drug-likeness (QED) is 0.611. The minimum absolute atomic E-state index is 0.0816. The molecule has 1 saturated heterocycles. The summed E-state index contributed by atoms with van der Waals surface area (Å²) in [7, 11) is 0. The SMILES string of the molecule is CC1(C)C(=O)N(C2CCC3CC4CC2CC34)N1c1ccc([N+](=O)[O-])cc1. The average Bonchev–Trinajstić information content (AvgIpc) is 2.84. The number of non-ortho nitro benzene ring substituents is 1. The van der Waals surface area contributed by atoms with Gasteiger partial charge in [0.2, 0.25) is 0 Å². The van der Waals surface area contributed by atoms with Crippen LogP contribution in [0, 0.1) is 33.8 Å². The summed E-state index contributed by atoms with van der Waals surface area (Å²) in [5.74, 6) is 3.47. The van der Waals surface area contributed by atoms with Crippen LogP contribution in [0.4, 0.5) is 11.4 Å². The van der Waals surface area contributed by atoms with Crippen molar-refractivity contribution in [3.63, 3.8) is 0 Å². The van der Waals surface area contributed by atoms with Crippen molar-refractivity contribution >= 4 is 17.3 Å². The molecule has 4 fully saturated rings. The van der Waals surface area contributed by atoms with Gasteiger partial charge in [-0.2, -0.15) is 0 Å². The van der Waals surface area contributed by atoms with E-state index in [1.165, 1.54) is 37.8 Å². The van der Waals surface area contributed by atoms with Crippen LogP contribution in [0.3, 0.4) is 0 Å². The Morgan fingerprint density at radius 1 is 1.04 bits per heavy atom. The van der Waals surface area contributed by atoms with Crippen molar-refractivity contribution < 1.29 is 9.72 Å². The summed E-state index contributed by atoms with van der Waals surface area (Å²) in [6.07, 6.45) is 6.27. The van der Waals surface area contributed by atoms with Gasteiger partial charge in [0, 0.05) is 12.1 Å². The highest BCUT2D eigenvalue weighted by atomic mass is 16.6. The summed E-state index contributed by atoms with van der Waals surface area (Å²) in [6.45, 7) is 3.89. The molecule has 138 valence electrons. The Hall–Kier alpha value is -2.11. The molecule has 1 aromatic rings. The predicted molar refractivity (Wildman–Crippen MR) is 97.3 cm³/mol. The molecule has 0 N–H and O–H groups in total. The Labute approximate surface area is 153 Å². The van der Waals surface area contributed by atoms with Crippen molar-refractivity contribution in [2.24, 2.45) is 23.7 Å². The molecule has 1 aromatic carbocycles. The van der Waals surface area contributed by atoms with Gasteiger partial charge in [-0.15, -0.1) is 0 Å². The number of nitrogens with zero attached hydrogens (tertiary/aromatic N) is 3. The van der Waals surface area contributed by atoms with Crippen LogP contribution in [0.25, 0.3) is 0 Å². The summed E-state index contributed by atoms with van der Waals surface area (Å²) in [4.78, 5) is 23.6. The first-order valence-corrected chi connectivity index (χ1v) is 9.76. The fraction of sp³-hybridized carbons (Fsp3) is 0.650. The molecule has 3 aliphatic carbocycles. The molecular weight excluding hydrogens is 330 g/mol. The van der Waals surface area contributed by atoms with Gasteiger partial charge < -0.3 is 0 Å². The van der Waals surface area contributed by atoms with E-state index in [-0.39, 0.29) is 22.6 Å². The Kier molecular flexibility index (Phi) is 3.22. The van der Waals surface area contributed by atoms with Crippen LogP contribution in [-0.2, 0) is 4.79 Å². The zero-order valence-electron chi connectivity index (χ0n) is 15.3. The van der Waals surface area contributed by atoms with E-state index in [2.05, 4.69) is 5.01 Å². The molecule has 26 heavy (non-hydrogen) atoms. The minimum Gasteiger partial charge on any atom is -0.270 e. The van der Waals surface area contributed by atoms with Crippen molar-refractivity contribution in [3.05, 3.63) is 34.4 Å². The van der Waals surface area contributed by atoms with Gasteiger partial charge in [-0.05, 0) is 81.8 Å². The Balaban J connectivity index is 1.45. The molecule has 6 heteroatoms. The molecule has 0 aromatic heterocycles. The normalized spacial score (nSPS) is 37.0. The van der Waals surface area contributed by atoms with E-state index >= 15 is 0 Å². The van der Waals surface area contributed by atoms with Crippen LogP contribution >= 0.6 is 0 Å². The molecule has 3 saturated carbocycles. The van der Waals surface area contributed by atoms with Gasteiger partial charge in [-0.1, -0.05) is 0 Å². The molecule has 5 atom stereocenters. The first kappa shape index (κ1) is 16.1. The lowest BCUT2D eigenvalue weighted by atomic mass is 9.64. The van der Waals surface area contributed by atoms with Gasteiger partial charge in [-0.25, -0.2) is 5.01 Å². The van der Waals surface area contributed by atoms with Gasteiger partial charge >= 0.3 is 0 Å². The third-order valence-corrected chi connectivity index (χ3v) is 7.47. The van der Waals surface area contributed by atoms with Gasteiger partial charge in [0.25, 0.3) is 11.6 Å². The van der Waals surface area contributed by atoms with E-state index < -0.39 is 5.54 Å². The largest absolute Gasteiger partial charge is 0.270 e. The first-order valence-electron chi connectivity index (χ1n) is 9.76. The monoisotopic (exact) mass is 355 g/mol. The van der Waals surface area contributed by atoms with E-state index in [0.29, 0.717) is 5.92 Å². The molecule has 1 heterocycles. The fourth-order valence-electron chi connectivity index (χ4n) is 6.15. The lowest BCUT2D eigenvalue weighted by Crippen LogP contribution is -2.78. The van der Waals surface area contributed by atoms with Crippen molar-refractivity contribution in [2.45, 2.75) is 57.5 Å². The molecule has 0 radical (unpaired) electrons. The van der Waals surface area contributed by atoms with Crippen LogP contribution in [0.15, 0.2) is 24.3 Å². The third-order valence-electron chi connectivity index (χ3n) is 7.47. The summed E-state index contributed by atoms with van der Waals surface area (Å²) in [5.41, 5.74) is 0.353. The van der Waals surface area contributed by atoms with Crippen molar-refractivity contribution in [3.8, 4) is 0 Å². The maximum Gasteiger partial charge on any atom is 0.269 e. The zero-order valence-corrected chi connectivity index (χ0v) is 15.3. The van der Waals surface area contributed by atoms with Crippen LogP contribution in [0.2, 0.25) is 0 Å². The number of hydrogen-bond acceptors (Lipinski definition) is 4. The van der Waals surface area contributed by atoms with Crippen LogP contribution in [0.1, 0.15) is 46.0 Å². The molecule has 1 amide bonds. The Morgan fingerprint density at radius 3 is 2.42 bits per heavy atom. The van der Waals surface area contributed by atoms with E-state index in [1.807, 2.05) is 18.9 Å². The number of nitro groups is 1. The van der Waals surface area contributed by atoms with E-state index in [4.69, 9.17) is 0 Å². The molecule has 5 unspecified atom stereocenters. The van der Waals surface area contributed by atoms with E-state index in [1.54, 1.807) is 12.1 Å². The van der Waals surface area contributed by atoms with E-state index in [9.17, 15) is 14.9 Å². The molecular formula is C20H25N3O3. The molecule has 6 nitrogen and oxygen atoms in total. The number of hydrogen-bond donors (Lipinski definition) is 0. The van der Waals surface area contributed by atoms with E-state index in [0.717, 1.165) is 29.9 Å². The summed E-state index contributed by atoms with van der Waals surface area (Å²) in [6, 6.07) is 6.87. The van der Waals surface area contributed by atoms with Crippen LogP contribution in [0.5, 0.6) is 0 Å². The number of rotatable bonds is 3. The topological polar surface area (TPSA) is 66.7 Å². The highest BCUT2D eigenvalue weighted by molar-refractivity contribution is 5.97.